The summed E-state index contributed by atoms with van der Waals surface area (Å²) in [5.74, 6) is -0.0696. The number of ether oxygens (including phenoxy) is 2. The predicted molar refractivity (Wildman–Crippen MR) is 116 cm³/mol. The molecule has 0 spiro atoms. The molecule has 1 heterocycles. The van der Waals surface area contributed by atoms with Crippen LogP contribution in [0.15, 0.2) is 0 Å². The van der Waals surface area contributed by atoms with Gasteiger partial charge in [0, 0.05) is 44.4 Å². The van der Waals surface area contributed by atoms with Gasteiger partial charge in [-0.3, -0.25) is 19.3 Å². The van der Waals surface area contributed by atoms with Crippen LogP contribution in [0.3, 0.4) is 0 Å². The van der Waals surface area contributed by atoms with Crippen molar-refractivity contribution in [3.8, 4) is 0 Å². The molecular weight excluding hydrogens is 386 g/mol. The zero-order valence-electron chi connectivity index (χ0n) is 19.2. The van der Waals surface area contributed by atoms with Gasteiger partial charge in [-0.2, -0.15) is 0 Å². The van der Waals surface area contributed by atoms with E-state index in [0.29, 0.717) is 58.4 Å². The molecule has 30 heavy (non-hydrogen) atoms. The summed E-state index contributed by atoms with van der Waals surface area (Å²) in [5.41, 5.74) is 0. The van der Waals surface area contributed by atoms with Gasteiger partial charge in [0.2, 0.25) is 17.7 Å². The van der Waals surface area contributed by atoms with Gasteiger partial charge in [0.1, 0.15) is 0 Å². The molecule has 2 N–H and O–H groups in total. The monoisotopic (exact) mass is 427 g/mol. The molecular formula is C22H41N3O5. The van der Waals surface area contributed by atoms with Crippen LogP contribution in [0.25, 0.3) is 0 Å². The van der Waals surface area contributed by atoms with Gasteiger partial charge in [0.15, 0.2) is 0 Å². The van der Waals surface area contributed by atoms with E-state index in [1.807, 2.05) is 13.8 Å². The Labute approximate surface area is 181 Å². The first-order valence-electron chi connectivity index (χ1n) is 11.3. The zero-order chi connectivity index (χ0) is 22.4. The predicted octanol–water partition coefficient (Wildman–Crippen LogP) is 1.73. The smallest absolute Gasteiger partial charge is 0.233 e. The van der Waals surface area contributed by atoms with E-state index in [1.165, 1.54) is 4.90 Å². The minimum atomic E-state index is -0.168. The highest BCUT2D eigenvalue weighted by atomic mass is 16.5. The number of unbranched alkanes of at least 4 members (excludes halogenated alkanes) is 2. The lowest BCUT2D eigenvalue weighted by atomic mass is 9.94. The zero-order valence-corrected chi connectivity index (χ0v) is 19.2. The van der Waals surface area contributed by atoms with E-state index >= 15 is 0 Å². The topological polar surface area (TPSA) is 97.0 Å². The highest BCUT2D eigenvalue weighted by Crippen LogP contribution is 2.26. The van der Waals surface area contributed by atoms with E-state index in [-0.39, 0.29) is 29.6 Å². The average molecular weight is 428 g/mol. The van der Waals surface area contributed by atoms with Crippen LogP contribution in [-0.4, -0.2) is 74.7 Å². The molecule has 1 rings (SSSR count). The quantitative estimate of drug-likeness (QED) is 0.271. The van der Waals surface area contributed by atoms with E-state index in [4.69, 9.17) is 9.47 Å². The molecule has 8 heteroatoms. The summed E-state index contributed by atoms with van der Waals surface area (Å²) in [7, 11) is 0. The van der Waals surface area contributed by atoms with Crippen molar-refractivity contribution in [2.75, 3.05) is 46.1 Å². The number of likely N-dealkylation sites (tertiary alicyclic amines) is 1. The fourth-order valence-corrected chi connectivity index (χ4v) is 3.29. The van der Waals surface area contributed by atoms with Crippen molar-refractivity contribution in [2.45, 2.75) is 65.8 Å². The van der Waals surface area contributed by atoms with Crippen LogP contribution in [0.1, 0.15) is 59.8 Å². The number of rotatable bonds is 17. The van der Waals surface area contributed by atoms with Crippen LogP contribution in [0.4, 0.5) is 0 Å². The van der Waals surface area contributed by atoms with E-state index in [9.17, 15) is 14.4 Å². The lowest BCUT2D eigenvalue weighted by Crippen LogP contribution is -2.32. The van der Waals surface area contributed by atoms with Crippen molar-refractivity contribution in [3.63, 3.8) is 0 Å². The molecule has 1 fully saturated rings. The Morgan fingerprint density at radius 3 is 2.27 bits per heavy atom. The maximum atomic E-state index is 12.2. The second kappa shape index (κ2) is 15.3. The number of carbonyl (C=O) groups excluding carboxylic acids is 3. The molecule has 0 bridgehead atoms. The van der Waals surface area contributed by atoms with E-state index in [1.54, 1.807) is 0 Å². The third kappa shape index (κ3) is 11.0. The molecule has 1 saturated heterocycles. The van der Waals surface area contributed by atoms with Gasteiger partial charge in [-0.1, -0.05) is 34.1 Å². The van der Waals surface area contributed by atoms with E-state index in [2.05, 4.69) is 24.5 Å². The van der Waals surface area contributed by atoms with E-state index < -0.39 is 0 Å². The Bertz CT molecular complexity index is 525. The third-order valence-electron chi connectivity index (χ3n) is 5.11. The lowest BCUT2D eigenvalue weighted by Gasteiger charge is -2.16. The largest absolute Gasteiger partial charge is 0.378 e. The summed E-state index contributed by atoms with van der Waals surface area (Å²) in [6.45, 7) is 12.1. The number of hydrogen-bond acceptors (Lipinski definition) is 6. The minimum Gasteiger partial charge on any atom is -0.378 e. The molecule has 0 radical (unpaired) electrons. The normalized spacial score (nSPS) is 16.9. The van der Waals surface area contributed by atoms with Crippen molar-refractivity contribution in [1.29, 1.82) is 0 Å². The molecule has 0 aromatic carbocycles. The molecule has 0 aliphatic carbocycles. The van der Waals surface area contributed by atoms with Crippen molar-refractivity contribution in [3.05, 3.63) is 0 Å². The van der Waals surface area contributed by atoms with Crippen LogP contribution in [0.5, 0.6) is 0 Å². The minimum absolute atomic E-state index is 0.00260. The Kier molecular flexibility index (Phi) is 13.5. The van der Waals surface area contributed by atoms with Gasteiger partial charge >= 0.3 is 0 Å². The maximum Gasteiger partial charge on any atom is 0.233 e. The first-order chi connectivity index (χ1) is 14.3. The molecule has 174 valence electrons. The average Bonchev–Trinajstić information content (AvgIpc) is 2.97. The fourth-order valence-electron chi connectivity index (χ4n) is 3.29. The van der Waals surface area contributed by atoms with Crippen LogP contribution < -0.4 is 10.6 Å². The number of amides is 3. The summed E-state index contributed by atoms with van der Waals surface area (Å²) in [6.07, 6.45) is 3.08. The molecule has 1 atom stereocenters. The van der Waals surface area contributed by atoms with Gasteiger partial charge in [-0.05, 0) is 18.8 Å². The van der Waals surface area contributed by atoms with Crippen LogP contribution >= 0.6 is 0 Å². The molecule has 0 saturated carbocycles. The standard InChI is InChI=1S/C22H41N3O5/c1-17(2)19-16-21(27)25(22(19)28)11-7-5-6-8-20(26)24-10-13-30-15-14-29-12-9-23-18(3)4/h17-19,23H,5-16H2,1-4H3,(H,24,26). The van der Waals surface area contributed by atoms with Gasteiger partial charge in [0.25, 0.3) is 0 Å². The van der Waals surface area contributed by atoms with Crippen molar-refractivity contribution < 1.29 is 23.9 Å². The van der Waals surface area contributed by atoms with Crippen LogP contribution in [0, 0.1) is 11.8 Å². The molecule has 1 aliphatic rings. The fraction of sp³-hybridized carbons (Fsp3) is 0.864. The van der Waals surface area contributed by atoms with Gasteiger partial charge in [0.05, 0.1) is 26.4 Å². The van der Waals surface area contributed by atoms with Crippen molar-refractivity contribution >= 4 is 17.7 Å². The highest BCUT2D eigenvalue weighted by molar-refractivity contribution is 6.03. The van der Waals surface area contributed by atoms with Crippen molar-refractivity contribution in [1.82, 2.24) is 15.5 Å². The molecule has 0 aromatic heterocycles. The number of imide groups is 1. The lowest BCUT2D eigenvalue weighted by molar-refractivity contribution is -0.139. The van der Waals surface area contributed by atoms with E-state index in [0.717, 1.165) is 25.8 Å². The first kappa shape index (κ1) is 26.5. The van der Waals surface area contributed by atoms with Crippen LogP contribution in [0.2, 0.25) is 0 Å². The number of carbonyl (C=O) groups is 3. The van der Waals surface area contributed by atoms with Crippen molar-refractivity contribution in [2.24, 2.45) is 11.8 Å². The summed E-state index contributed by atoms with van der Waals surface area (Å²) in [5, 5.41) is 6.11. The summed E-state index contributed by atoms with van der Waals surface area (Å²) < 4.78 is 10.9. The number of nitrogens with one attached hydrogen (secondary N) is 2. The molecule has 3 amide bonds. The molecule has 0 aromatic rings. The Balaban J connectivity index is 1.93. The summed E-state index contributed by atoms with van der Waals surface area (Å²) in [4.78, 5) is 37.4. The molecule has 1 unspecified atom stereocenters. The number of nitrogens with zero attached hydrogens (tertiary/aromatic N) is 1. The highest BCUT2D eigenvalue weighted by Gasteiger charge is 2.39. The molecule has 1 aliphatic heterocycles. The summed E-state index contributed by atoms with van der Waals surface area (Å²) >= 11 is 0. The Hall–Kier alpha value is -1.51. The van der Waals surface area contributed by atoms with Gasteiger partial charge in [-0.15, -0.1) is 0 Å². The SMILES string of the molecule is CC(C)NCCOCCOCCNC(=O)CCCCCN1C(=O)CC(C(C)C)C1=O. The maximum absolute atomic E-state index is 12.2. The Morgan fingerprint density at radius 1 is 1.00 bits per heavy atom. The third-order valence-corrected chi connectivity index (χ3v) is 5.11. The first-order valence-corrected chi connectivity index (χ1v) is 11.3. The second-order valence-corrected chi connectivity index (χ2v) is 8.43. The summed E-state index contributed by atoms with van der Waals surface area (Å²) in [6, 6.07) is 0.462. The van der Waals surface area contributed by atoms with Crippen LogP contribution in [-0.2, 0) is 23.9 Å². The van der Waals surface area contributed by atoms with Gasteiger partial charge < -0.3 is 20.1 Å². The van der Waals surface area contributed by atoms with Gasteiger partial charge in [-0.25, -0.2) is 0 Å². The number of hydrogen-bond donors (Lipinski definition) is 2. The second-order valence-electron chi connectivity index (χ2n) is 8.43. The molecule has 8 nitrogen and oxygen atoms in total. The Morgan fingerprint density at radius 2 is 1.67 bits per heavy atom.